The van der Waals surface area contributed by atoms with Crippen LogP contribution < -0.4 is 4.74 Å². The van der Waals surface area contributed by atoms with Gasteiger partial charge >= 0.3 is 5.97 Å². The van der Waals surface area contributed by atoms with Gasteiger partial charge in [0.2, 0.25) is 0 Å². The van der Waals surface area contributed by atoms with Crippen LogP contribution in [0.5, 0.6) is 5.75 Å². The van der Waals surface area contributed by atoms with Crippen LogP contribution in [0.1, 0.15) is 56.6 Å². The summed E-state index contributed by atoms with van der Waals surface area (Å²) in [5, 5.41) is 26.2. The van der Waals surface area contributed by atoms with Gasteiger partial charge in [0.15, 0.2) is 0 Å². The van der Waals surface area contributed by atoms with Crippen molar-refractivity contribution in [3.05, 3.63) is 35.4 Å². The predicted molar refractivity (Wildman–Crippen MR) is 121 cm³/mol. The highest BCUT2D eigenvalue weighted by molar-refractivity contribution is 5.70. The molecular formula is C23H31N7O3. The SMILES string of the molecule is Cc1nc(-c2nnn(C)c2Cn2nncc2CC(C)C)ccc1OC1CCCC(C(=O)O)C1. The van der Waals surface area contributed by atoms with Crippen molar-refractivity contribution in [1.29, 1.82) is 0 Å². The maximum atomic E-state index is 11.3. The van der Waals surface area contributed by atoms with Crippen molar-refractivity contribution < 1.29 is 14.6 Å². The van der Waals surface area contributed by atoms with Crippen molar-refractivity contribution in [2.45, 2.75) is 65.5 Å². The molecule has 3 heterocycles. The molecule has 3 aromatic rings. The van der Waals surface area contributed by atoms with E-state index in [-0.39, 0.29) is 12.0 Å². The lowest BCUT2D eigenvalue weighted by atomic mass is 9.87. The minimum absolute atomic E-state index is 0.107. The summed E-state index contributed by atoms with van der Waals surface area (Å²) in [6.07, 6.45) is 5.54. The first-order valence-electron chi connectivity index (χ1n) is 11.4. The van der Waals surface area contributed by atoms with Gasteiger partial charge in [0, 0.05) is 7.05 Å². The number of aromatic nitrogens is 7. The summed E-state index contributed by atoms with van der Waals surface area (Å²) < 4.78 is 9.77. The van der Waals surface area contributed by atoms with Gasteiger partial charge in [-0.15, -0.1) is 10.2 Å². The molecule has 0 spiro atoms. The van der Waals surface area contributed by atoms with Gasteiger partial charge in [-0.05, 0) is 57.1 Å². The Morgan fingerprint density at radius 2 is 2.09 bits per heavy atom. The molecule has 0 bridgehead atoms. The molecule has 0 aromatic carbocycles. The quantitative estimate of drug-likeness (QED) is 0.552. The van der Waals surface area contributed by atoms with Gasteiger partial charge in [0.25, 0.3) is 0 Å². The highest BCUT2D eigenvalue weighted by atomic mass is 16.5. The van der Waals surface area contributed by atoms with E-state index in [1.54, 1.807) is 10.9 Å². The Hall–Kier alpha value is -3.30. The smallest absolute Gasteiger partial charge is 0.306 e. The fourth-order valence-corrected chi connectivity index (χ4v) is 4.34. The second kappa shape index (κ2) is 9.68. The Morgan fingerprint density at radius 1 is 1.27 bits per heavy atom. The van der Waals surface area contributed by atoms with Crippen LogP contribution in [0, 0.1) is 18.8 Å². The molecule has 176 valence electrons. The molecule has 0 radical (unpaired) electrons. The van der Waals surface area contributed by atoms with Crippen LogP contribution in [-0.2, 0) is 24.8 Å². The zero-order chi connectivity index (χ0) is 23.5. The molecule has 2 atom stereocenters. The Morgan fingerprint density at radius 3 is 2.82 bits per heavy atom. The first-order valence-corrected chi connectivity index (χ1v) is 11.4. The van der Waals surface area contributed by atoms with E-state index in [9.17, 15) is 9.90 Å². The average Bonchev–Trinajstić information content (AvgIpc) is 3.36. The topological polar surface area (TPSA) is 121 Å². The van der Waals surface area contributed by atoms with Crippen molar-refractivity contribution in [1.82, 2.24) is 35.0 Å². The Labute approximate surface area is 193 Å². The van der Waals surface area contributed by atoms with Crippen LogP contribution in [0.2, 0.25) is 0 Å². The number of ether oxygens (including phenoxy) is 1. The molecule has 0 saturated heterocycles. The van der Waals surface area contributed by atoms with Crippen LogP contribution in [0.25, 0.3) is 11.4 Å². The number of carboxylic acid groups (broad SMARTS) is 1. The average molecular weight is 454 g/mol. The van der Waals surface area contributed by atoms with E-state index in [4.69, 9.17) is 9.72 Å². The third kappa shape index (κ3) is 5.20. The van der Waals surface area contributed by atoms with E-state index in [1.165, 1.54) is 0 Å². The van der Waals surface area contributed by atoms with Gasteiger partial charge in [-0.25, -0.2) is 14.3 Å². The number of aryl methyl sites for hydroxylation is 2. The first-order chi connectivity index (χ1) is 15.8. The maximum Gasteiger partial charge on any atom is 0.306 e. The molecule has 33 heavy (non-hydrogen) atoms. The summed E-state index contributed by atoms with van der Waals surface area (Å²) in [5.41, 5.74) is 4.10. The normalized spacial score (nSPS) is 18.6. The molecule has 4 rings (SSSR count). The molecular weight excluding hydrogens is 422 g/mol. The van der Waals surface area contributed by atoms with E-state index in [0.717, 1.165) is 36.3 Å². The maximum absolute atomic E-state index is 11.3. The number of aliphatic carboxylic acids is 1. The van der Waals surface area contributed by atoms with Gasteiger partial charge in [0.05, 0.1) is 47.5 Å². The highest BCUT2D eigenvalue weighted by Gasteiger charge is 2.28. The van der Waals surface area contributed by atoms with Crippen LogP contribution in [0.4, 0.5) is 0 Å². The fourth-order valence-electron chi connectivity index (χ4n) is 4.34. The fraction of sp³-hybridized carbons (Fsp3) is 0.565. The summed E-state index contributed by atoms with van der Waals surface area (Å²) in [4.78, 5) is 16.1. The molecule has 0 aliphatic heterocycles. The zero-order valence-electron chi connectivity index (χ0n) is 19.6. The number of hydrogen-bond donors (Lipinski definition) is 1. The number of pyridine rings is 1. The summed E-state index contributed by atoms with van der Waals surface area (Å²) in [5.74, 6) is 0.0948. The summed E-state index contributed by atoms with van der Waals surface area (Å²) in [7, 11) is 1.86. The summed E-state index contributed by atoms with van der Waals surface area (Å²) in [6.45, 7) is 6.72. The standard InChI is InChI=1S/C23H31N7O3/c1-14(2)10-17-12-24-27-30(17)13-20-22(26-28-29(20)4)19-8-9-21(15(3)25-19)33-18-7-5-6-16(11-18)23(31)32/h8-9,12,14,16,18H,5-7,10-11,13H2,1-4H3,(H,31,32). The number of carboxylic acids is 1. The van der Waals surface area contributed by atoms with Crippen LogP contribution in [0.15, 0.2) is 18.3 Å². The molecule has 10 nitrogen and oxygen atoms in total. The largest absolute Gasteiger partial charge is 0.489 e. The van der Waals surface area contributed by atoms with Gasteiger partial charge in [-0.3, -0.25) is 4.79 Å². The lowest BCUT2D eigenvalue weighted by Crippen LogP contribution is -2.29. The predicted octanol–water partition coefficient (Wildman–Crippen LogP) is 3.05. The van der Waals surface area contributed by atoms with Gasteiger partial charge < -0.3 is 9.84 Å². The molecule has 1 fully saturated rings. The minimum Gasteiger partial charge on any atom is -0.489 e. The number of carbonyl (C=O) groups is 1. The summed E-state index contributed by atoms with van der Waals surface area (Å²) >= 11 is 0. The second-order valence-electron chi connectivity index (χ2n) is 9.21. The highest BCUT2D eigenvalue weighted by Crippen LogP contribution is 2.30. The number of hydrogen-bond acceptors (Lipinski definition) is 7. The number of rotatable bonds is 8. The molecule has 3 aromatic heterocycles. The molecule has 1 N–H and O–H groups in total. The Balaban J connectivity index is 1.53. The van der Waals surface area contributed by atoms with E-state index in [2.05, 4.69) is 34.5 Å². The minimum atomic E-state index is -0.743. The lowest BCUT2D eigenvalue weighted by Gasteiger charge is -2.27. The van der Waals surface area contributed by atoms with Crippen molar-refractivity contribution in [3.8, 4) is 17.1 Å². The van der Waals surface area contributed by atoms with Gasteiger partial charge in [-0.2, -0.15) is 0 Å². The van der Waals surface area contributed by atoms with Crippen molar-refractivity contribution in [3.63, 3.8) is 0 Å². The summed E-state index contributed by atoms with van der Waals surface area (Å²) in [6, 6.07) is 3.77. The van der Waals surface area contributed by atoms with Crippen molar-refractivity contribution in [2.24, 2.45) is 18.9 Å². The monoisotopic (exact) mass is 453 g/mol. The van der Waals surface area contributed by atoms with Gasteiger partial charge in [0.1, 0.15) is 11.4 Å². The first kappa shape index (κ1) is 22.9. The third-order valence-corrected chi connectivity index (χ3v) is 6.11. The lowest BCUT2D eigenvalue weighted by molar-refractivity contribution is -0.143. The Kier molecular flexibility index (Phi) is 6.71. The third-order valence-electron chi connectivity index (χ3n) is 6.11. The van der Waals surface area contributed by atoms with Gasteiger partial charge in [-0.1, -0.05) is 24.3 Å². The van der Waals surface area contributed by atoms with E-state index < -0.39 is 5.97 Å². The van der Waals surface area contributed by atoms with Crippen molar-refractivity contribution >= 4 is 5.97 Å². The molecule has 2 unspecified atom stereocenters. The van der Waals surface area contributed by atoms with Crippen LogP contribution in [0.3, 0.4) is 0 Å². The molecule has 1 aliphatic rings. The van der Waals surface area contributed by atoms with Crippen molar-refractivity contribution in [2.75, 3.05) is 0 Å². The van der Waals surface area contributed by atoms with E-state index >= 15 is 0 Å². The van der Waals surface area contributed by atoms with Crippen LogP contribution in [-0.4, -0.2) is 52.2 Å². The molecule has 1 saturated carbocycles. The van der Waals surface area contributed by atoms with E-state index in [1.807, 2.05) is 30.8 Å². The van der Waals surface area contributed by atoms with Crippen LogP contribution >= 0.6 is 0 Å². The number of nitrogens with zero attached hydrogens (tertiary/aromatic N) is 7. The second-order valence-corrected chi connectivity index (χ2v) is 9.21. The molecule has 0 amide bonds. The zero-order valence-corrected chi connectivity index (χ0v) is 19.6. The Bertz CT molecular complexity index is 1120. The molecule has 10 heteroatoms. The molecule has 1 aliphatic carbocycles. The van der Waals surface area contributed by atoms with E-state index in [0.29, 0.717) is 42.4 Å².